The molecule has 3 amide bonds. The number of amides is 3. The molecule has 2 aliphatic heterocycles. The standard InChI is InChI=1S/C29H31Cl2N5O3/c1-16-10-21-24(15-35(16)26(38)19-6-9-22(30)23(31)11-19)33-28(34(3)29-12-17(13-29)14-29)36(27(21)39)20-7-4-18(5-8-20)25(37)32-2/h4-9,11,16-17,21,24H,10,12-15H2,1-3H3,(H,32,37)/t16-,17?,21?,24?,29?/m1/s1. The lowest BCUT2D eigenvalue weighted by atomic mass is 9.49. The van der Waals surface area contributed by atoms with Crippen LogP contribution in [0.15, 0.2) is 47.5 Å². The van der Waals surface area contributed by atoms with Crippen molar-refractivity contribution in [1.29, 1.82) is 0 Å². The molecule has 10 heteroatoms. The Morgan fingerprint density at radius 2 is 1.72 bits per heavy atom. The molecule has 2 aromatic rings. The van der Waals surface area contributed by atoms with Gasteiger partial charge in [-0.05, 0) is 81.0 Å². The summed E-state index contributed by atoms with van der Waals surface area (Å²) in [6, 6.07) is 11.4. The van der Waals surface area contributed by atoms with Crippen molar-refractivity contribution in [3.63, 3.8) is 0 Å². The molecule has 1 saturated heterocycles. The monoisotopic (exact) mass is 567 g/mol. The summed E-state index contributed by atoms with van der Waals surface area (Å²) in [6.07, 6.45) is 3.81. The SMILES string of the molecule is CNC(=O)c1ccc(N2C(=O)C3C[C@@H](C)N(C(=O)c4ccc(Cl)c(Cl)c4)CC3N=C2N(C)C23CC(C2)C3)cc1. The van der Waals surface area contributed by atoms with Gasteiger partial charge in [0.25, 0.3) is 11.8 Å². The Hall–Kier alpha value is -3.10. The molecule has 0 aromatic heterocycles. The van der Waals surface area contributed by atoms with Crippen LogP contribution in [0, 0.1) is 11.8 Å². The lowest BCUT2D eigenvalue weighted by molar-refractivity contribution is -0.126. The molecule has 3 saturated carbocycles. The van der Waals surface area contributed by atoms with E-state index in [-0.39, 0.29) is 41.3 Å². The van der Waals surface area contributed by atoms with E-state index in [1.54, 1.807) is 59.3 Å². The zero-order valence-corrected chi connectivity index (χ0v) is 23.7. The largest absolute Gasteiger partial charge is 0.355 e. The van der Waals surface area contributed by atoms with Gasteiger partial charge in [-0.15, -0.1) is 0 Å². The van der Waals surface area contributed by atoms with Crippen LogP contribution in [0.3, 0.4) is 0 Å². The number of carbonyl (C=O) groups is 3. The zero-order valence-electron chi connectivity index (χ0n) is 22.2. The normalized spacial score (nSPS) is 29.1. The van der Waals surface area contributed by atoms with E-state index in [0.29, 0.717) is 45.8 Å². The average molecular weight is 569 g/mol. The summed E-state index contributed by atoms with van der Waals surface area (Å²) in [4.78, 5) is 50.6. The highest BCUT2D eigenvalue weighted by Crippen LogP contribution is 2.60. The molecule has 0 spiro atoms. The number of benzene rings is 2. The van der Waals surface area contributed by atoms with Gasteiger partial charge in [-0.2, -0.15) is 0 Å². The van der Waals surface area contributed by atoms with Gasteiger partial charge in [-0.1, -0.05) is 23.2 Å². The molecule has 8 nitrogen and oxygen atoms in total. The van der Waals surface area contributed by atoms with Crippen LogP contribution in [0.1, 0.15) is 53.3 Å². The van der Waals surface area contributed by atoms with Crippen molar-refractivity contribution >= 4 is 52.6 Å². The van der Waals surface area contributed by atoms with Gasteiger partial charge in [-0.3, -0.25) is 19.3 Å². The zero-order chi connectivity index (χ0) is 27.6. The fourth-order valence-corrected chi connectivity index (χ4v) is 6.84. The fraction of sp³-hybridized carbons (Fsp3) is 0.448. The predicted molar refractivity (Wildman–Crippen MR) is 151 cm³/mol. The van der Waals surface area contributed by atoms with E-state index in [0.717, 1.165) is 25.2 Å². The van der Waals surface area contributed by atoms with Crippen LogP contribution in [-0.2, 0) is 4.79 Å². The van der Waals surface area contributed by atoms with Crippen LogP contribution in [0.5, 0.6) is 0 Å². The van der Waals surface area contributed by atoms with E-state index in [4.69, 9.17) is 28.2 Å². The molecule has 2 aromatic carbocycles. The van der Waals surface area contributed by atoms with E-state index in [9.17, 15) is 14.4 Å². The quantitative estimate of drug-likeness (QED) is 0.591. The molecular formula is C29H31Cl2N5O3. The van der Waals surface area contributed by atoms with Crippen molar-refractivity contribution in [2.24, 2.45) is 16.8 Å². The van der Waals surface area contributed by atoms with Crippen LogP contribution < -0.4 is 10.2 Å². The third kappa shape index (κ3) is 4.19. The molecule has 5 aliphatic rings. The first-order chi connectivity index (χ1) is 18.6. The fourth-order valence-electron chi connectivity index (χ4n) is 6.55. The Morgan fingerprint density at radius 3 is 2.31 bits per heavy atom. The van der Waals surface area contributed by atoms with Gasteiger partial charge >= 0.3 is 0 Å². The van der Waals surface area contributed by atoms with Crippen molar-refractivity contribution in [1.82, 2.24) is 15.1 Å². The first-order valence-corrected chi connectivity index (χ1v) is 14.1. The Kier molecular flexibility index (Phi) is 6.38. The number of halogens is 2. The van der Waals surface area contributed by atoms with Crippen LogP contribution in [0.25, 0.3) is 0 Å². The summed E-state index contributed by atoms with van der Waals surface area (Å²) in [5, 5.41) is 3.36. The number of aliphatic imine (C=N–C) groups is 1. The summed E-state index contributed by atoms with van der Waals surface area (Å²) in [6.45, 7) is 2.31. The highest BCUT2D eigenvalue weighted by molar-refractivity contribution is 6.42. The molecule has 204 valence electrons. The first-order valence-electron chi connectivity index (χ1n) is 13.4. The van der Waals surface area contributed by atoms with Gasteiger partial charge in [0.15, 0.2) is 0 Å². The molecular weight excluding hydrogens is 537 g/mol. The highest BCUT2D eigenvalue weighted by Gasteiger charge is 2.61. The first kappa shape index (κ1) is 26.1. The summed E-state index contributed by atoms with van der Waals surface area (Å²) in [7, 11) is 3.62. The maximum absolute atomic E-state index is 14.2. The molecule has 2 unspecified atom stereocenters. The van der Waals surface area contributed by atoms with Gasteiger partial charge in [0, 0.05) is 43.3 Å². The lowest BCUT2D eigenvalue weighted by Gasteiger charge is -2.66. The minimum atomic E-state index is -0.360. The topological polar surface area (TPSA) is 85.3 Å². The summed E-state index contributed by atoms with van der Waals surface area (Å²) < 4.78 is 0. The number of rotatable bonds is 4. The Morgan fingerprint density at radius 1 is 1.05 bits per heavy atom. The number of guanidine groups is 1. The van der Waals surface area contributed by atoms with E-state index in [2.05, 4.69) is 10.2 Å². The second-order valence-electron chi connectivity index (χ2n) is 11.3. The number of hydrogen-bond acceptors (Lipinski definition) is 5. The molecule has 2 heterocycles. The van der Waals surface area contributed by atoms with Crippen LogP contribution in [0.4, 0.5) is 5.69 Å². The summed E-state index contributed by atoms with van der Waals surface area (Å²) >= 11 is 12.3. The molecule has 0 radical (unpaired) electrons. The van der Waals surface area contributed by atoms with Gasteiger partial charge < -0.3 is 15.1 Å². The maximum atomic E-state index is 14.2. The van der Waals surface area contributed by atoms with Gasteiger partial charge in [0.2, 0.25) is 11.9 Å². The van der Waals surface area contributed by atoms with E-state index >= 15 is 0 Å². The number of nitrogens with one attached hydrogen (secondary N) is 1. The van der Waals surface area contributed by atoms with Crippen molar-refractivity contribution in [2.75, 3.05) is 25.5 Å². The Labute approximate surface area is 237 Å². The van der Waals surface area contributed by atoms with E-state index < -0.39 is 0 Å². The Bertz CT molecular complexity index is 1380. The van der Waals surface area contributed by atoms with Gasteiger partial charge in [-0.25, -0.2) is 4.99 Å². The number of likely N-dealkylation sites (tertiary alicyclic amines) is 1. The molecule has 39 heavy (non-hydrogen) atoms. The summed E-state index contributed by atoms with van der Waals surface area (Å²) in [5.74, 6) is 0.660. The Balaban J connectivity index is 1.34. The second kappa shape index (κ2) is 9.52. The molecule has 3 aliphatic carbocycles. The van der Waals surface area contributed by atoms with Crippen molar-refractivity contribution < 1.29 is 14.4 Å². The van der Waals surface area contributed by atoms with Gasteiger partial charge in [0.05, 0.1) is 27.7 Å². The van der Waals surface area contributed by atoms with Crippen LogP contribution >= 0.6 is 23.2 Å². The number of fused-ring (bicyclic) bond motifs is 1. The lowest BCUT2D eigenvalue weighted by Crippen LogP contribution is -2.72. The number of piperidine rings is 1. The molecule has 7 rings (SSSR count). The molecule has 1 N–H and O–H groups in total. The van der Waals surface area contributed by atoms with E-state index in [1.807, 2.05) is 14.0 Å². The number of anilines is 1. The number of nitrogens with zero attached hydrogens (tertiary/aromatic N) is 4. The maximum Gasteiger partial charge on any atom is 0.254 e. The predicted octanol–water partition coefficient (Wildman–Crippen LogP) is 4.46. The van der Waals surface area contributed by atoms with Crippen molar-refractivity contribution in [2.45, 2.75) is 50.2 Å². The van der Waals surface area contributed by atoms with Crippen molar-refractivity contribution in [3.05, 3.63) is 63.6 Å². The smallest absolute Gasteiger partial charge is 0.254 e. The van der Waals surface area contributed by atoms with Crippen LogP contribution in [0.2, 0.25) is 10.0 Å². The third-order valence-corrected chi connectivity index (χ3v) is 9.79. The number of hydrogen-bond donors (Lipinski definition) is 1. The minimum absolute atomic E-state index is 0.0235. The van der Waals surface area contributed by atoms with E-state index in [1.165, 1.54) is 0 Å². The average Bonchev–Trinajstić information content (AvgIpc) is 2.87. The molecule has 2 bridgehead atoms. The molecule has 3 atom stereocenters. The minimum Gasteiger partial charge on any atom is -0.355 e. The van der Waals surface area contributed by atoms with Crippen molar-refractivity contribution in [3.8, 4) is 0 Å². The highest BCUT2D eigenvalue weighted by atomic mass is 35.5. The van der Waals surface area contributed by atoms with Gasteiger partial charge in [0.1, 0.15) is 0 Å². The summed E-state index contributed by atoms with van der Waals surface area (Å²) in [5.41, 5.74) is 1.71. The second-order valence-corrected chi connectivity index (χ2v) is 12.1. The third-order valence-electron chi connectivity index (χ3n) is 9.05. The molecule has 4 fully saturated rings. The number of carbonyl (C=O) groups excluding carboxylic acids is 3. The van der Waals surface area contributed by atoms with Crippen LogP contribution in [-0.4, -0.2) is 71.7 Å².